The van der Waals surface area contributed by atoms with E-state index in [1.165, 1.54) is 47.1 Å². The molecule has 0 aliphatic heterocycles. The van der Waals surface area contributed by atoms with E-state index in [1.54, 1.807) is 12.1 Å². The van der Waals surface area contributed by atoms with E-state index in [-0.39, 0.29) is 0 Å². The number of hydrogen-bond donors (Lipinski definition) is 0. The molecule has 0 radical (unpaired) electrons. The summed E-state index contributed by atoms with van der Waals surface area (Å²) in [4.78, 5) is 10.1. The van der Waals surface area contributed by atoms with Crippen molar-refractivity contribution in [1.29, 1.82) is 5.26 Å². The van der Waals surface area contributed by atoms with E-state index < -0.39 is 0 Å². The van der Waals surface area contributed by atoms with Crippen molar-refractivity contribution in [3.05, 3.63) is 143 Å². The van der Waals surface area contributed by atoms with Crippen LogP contribution < -0.4 is 0 Å². The van der Waals surface area contributed by atoms with Crippen molar-refractivity contribution in [2.45, 2.75) is 52.4 Å². The van der Waals surface area contributed by atoms with Gasteiger partial charge in [-0.1, -0.05) is 79.6 Å². The molecule has 0 saturated carbocycles. The molecular formula is C47H37N3O2. The van der Waals surface area contributed by atoms with Gasteiger partial charge < -0.3 is 8.83 Å². The minimum atomic E-state index is 0.558. The summed E-state index contributed by atoms with van der Waals surface area (Å²) >= 11 is 0. The zero-order chi connectivity index (χ0) is 35.2. The Balaban J connectivity index is 1.24. The molecule has 0 saturated heterocycles. The molecule has 0 N–H and O–H groups in total. The minimum Gasteiger partial charge on any atom is -0.455 e. The Morgan fingerprint density at radius 1 is 0.731 bits per heavy atom. The summed E-state index contributed by atoms with van der Waals surface area (Å²) in [6, 6.07) is 39.4. The second kappa shape index (κ2) is 13.1. The van der Waals surface area contributed by atoms with Crippen molar-refractivity contribution in [3.63, 3.8) is 0 Å². The molecule has 0 bridgehead atoms. The molecule has 1 aliphatic rings. The van der Waals surface area contributed by atoms with Gasteiger partial charge in [0.1, 0.15) is 28.0 Å². The van der Waals surface area contributed by atoms with Crippen LogP contribution >= 0.6 is 0 Å². The molecule has 3 aromatic heterocycles. The lowest BCUT2D eigenvalue weighted by molar-refractivity contribution is 0.662. The Bertz CT molecular complexity index is 2770. The Kier molecular flexibility index (Phi) is 8.01. The van der Waals surface area contributed by atoms with Crippen LogP contribution in [0.15, 0.2) is 130 Å². The predicted octanol–water partition coefficient (Wildman–Crippen LogP) is 12.9. The number of hydrogen-bond acceptors (Lipinski definition) is 5. The molecule has 0 amide bonds. The predicted molar refractivity (Wildman–Crippen MR) is 212 cm³/mol. The molecule has 5 heteroatoms. The highest BCUT2D eigenvalue weighted by Gasteiger charge is 2.23. The van der Waals surface area contributed by atoms with Gasteiger partial charge in [0, 0.05) is 27.3 Å². The van der Waals surface area contributed by atoms with Gasteiger partial charge in [-0.3, -0.25) is 0 Å². The zero-order valence-corrected chi connectivity index (χ0v) is 29.4. The normalized spacial score (nSPS) is 14.1. The minimum absolute atomic E-state index is 0.558. The van der Waals surface area contributed by atoms with Crippen LogP contribution in [0.25, 0.3) is 77.8 Å². The summed E-state index contributed by atoms with van der Waals surface area (Å²) in [6.45, 7) is 4.54. The maximum atomic E-state index is 9.40. The molecular weight excluding hydrogens is 639 g/mol. The second-order valence-electron chi connectivity index (χ2n) is 13.8. The average Bonchev–Trinajstić information content (AvgIpc) is 3.77. The Morgan fingerprint density at radius 2 is 1.50 bits per heavy atom. The standard InChI is InChI=1S/C47H37N3O2/c1-3-12-34(42-29(2)13-5-4-6-14-31-15-7-8-16-35(31)42)33-25-26-36-37-18-11-19-39(45(37)52-41(36)27-33)44-46-43(38-17-9-10-20-40(38)51-46)49-47(50-44)32-23-21-30(28-48)22-24-32/h7-12,15-27H,3-6,13-14H2,1-2H3/b34-12-,42-29?. The van der Waals surface area contributed by atoms with Gasteiger partial charge in [-0.05, 0) is 121 Å². The monoisotopic (exact) mass is 675 g/mol. The lowest BCUT2D eigenvalue weighted by Gasteiger charge is -2.19. The number of nitriles is 1. The third-order valence-corrected chi connectivity index (χ3v) is 10.4. The lowest BCUT2D eigenvalue weighted by atomic mass is 9.85. The summed E-state index contributed by atoms with van der Waals surface area (Å²) in [7, 11) is 0. The first kappa shape index (κ1) is 31.7. The maximum absolute atomic E-state index is 9.40. The Morgan fingerprint density at radius 3 is 2.37 bits per heavy atom. The SMILES string of the molecule is CC/C=C(\C1=C(C)CCCCCc2ccccc21)c1ccc2c(c1)oc1c(-c3nc(-c4ccc(C#N)cc4)nc4c3oc3ccccc34)cccc12. The molecule has 5 nitrogen and oxygen atoms in total. The van der Waals surface area contributed by atoms with Gasteiger partial charge >= 0.3 is 0 Å². The molecule has 0 atom stereocenters. The van der Waals surface area contributed by atoms with Gasteiger partial charge in [0.2, 0.25) is 0 Å². The number of aromatic nitrogens is 2. The quantitative estimate of drug-likeness (QED) is 0.181. The van der Waals surface area contributed by atoms with E-state index in [0.29, 0.717) is 22.7 Å². The molecule has 252 valence electrons. The van der Waals surface area contributed by atoms with E-state index >= 15 is 0 Å². The fraction of sp³-hybridized carbons (Fsp3) is 0.170. The van der Waals surface area contributed by atoms with Crippen molar-refractivity contribution < 1.29 is 8.83 Å². The van der Waals surface area contributed by atoms with Crippen LogP contribution in [0.3, 0.4) is 0 Å². The second-order valence-corrected chi connectivity index (χ2v) is 13.8. The van der Waals surface area contributed by atoms with E-state index in [1.807, 2.05) is 42.5 Å². The van der Waals surface area contributed by atoms with E-state index in [2.05, 4.69) is 80.6 Å². The first-order valence-corrected chi connectivity index (χ1v) is 18.3. The van der Waals surface area contributed by atoms with Crippen LogP contribution in [-0.2, 0) is 6.42 Å². The number of allylic oxidation sites excluding steroid dienone is 4. The Labute approximate surface area is 302 Å². The highest BCUT2D eigenvalue weighted by atomic mass is 16.3. The third-order valence-electron chi connectivity index (χ3n) is 10.4. The molecule has 0 spiro atoms. The fourth-order valence-electron chi connectivity index (χ4n) is 7.91. The van der Waals surface area contributed by atoms with Crippen molar-refractivity contribution in [3.8, 4) is 28.7 Å². The summed E-state index contributed by atoms with van der Waals surface area (Å²) < 4.78 is 13.4. The fourth-order valence-corrected chi connectivity index (χ4v) is 7.91. The van der Waals surface area contributed by atoms with Crippen LogP contribution in [0.4, 0.5) is 0 Å². The van der Waals surface area contributed by atoms with Gasteiger partial charge in [-0.15, -0.1) is 0 Å². The van der Waals surface area contributed by atoms with E-state index in [0.717, 1.165) is 74.4 Å². The summed E-state index contributed by atoms with van der Waals surface area (Å²) in [5.41, 5.74) is 14.6. The summed E-state index contributed by atoms with van der Waals surface area (Å²) in [6.07, 6.45) is 9.20. The highest BCUT2D eigenvalue weighted by molar-refractivity contribution is 6.15. The number of furan rings is 2. The van der Waals surface area contributed by atoms with Gasteiger partial charge in [-0.2, -0.15) is 5.26 Å². The van der Waals surface area contributed by atoms with Crippen molar-refractivity contribution in [2.24, 2.45) is 0 Å². The number of para-hydroxylation sites is 2. The summed E-state index contributed by atoms with van der Waals surface area (Å²) in [5.74, 6) is 0.558. The number of fused-ring (bicyclic) bond motifs is 7. The molecule has 0 unspecified atom stereocenters. The average molecular weight is 676 g/mol. The van der Waals surface area contributed by atoms with E-state index in [9.17, 15) is 5.26 Å². The van der Waals surface area contributed by atoms with Crippen LogP contribution in [0.5, 0.6) is 0 Å². The van der Waals surface area contributed by atoms with Crippen molar-refractivity contribution in [1.82, 2.24) is 9.97 Å². The van der Waals surface area contributed by atoms with Crippen LogP contribution in [0.2, 0.25) is 0 Å². The molecule has 9 rings (SSSR count). The van der Waals surface area contributed by atoms with Gasteiger partial charge in [0.15, 0.2) is 11.4 Å². The molecule has 0 fully saturated rings. The van der Waals surface area contributed by atoms with Gasteiger partial charge in [-0.25, -0.2) is 9.97 Å². The summed E-state index contributed by atoms with van der Waals surface area (Å²) in [5, 5.41) is 12.4. The van der Waals surface area contributed by atoms with Crippen LogP contribution in [-0.4, -0.2) is 9.97 Å². The van der Waals surface area contributed by atoms with Gasteiger partial charge in [0.25, 0.3) is 0 Å². The molecule has 1 aliphatic carbocycles. The maximum Gasteiger partial charge on any atom is 0.180 e. The third kappa shape index (κ3) is 5.39. The molecule has 5 aromatic carbocycles. The van der Waals surface area contributed by atoms with Crippen molar-refractivity contribution >= 4 is 55.2 Å². The van der Waals surface area contributed by atoms with Crippen LogP contribution in [0, 0.1) is 11.3 Å². The topological polar surface area (TPSA) is 75.8 Å². The molecule has 8 aromatic rings. The van der Waals surface area contributed by atoms with E-state index in [4.69, 9.17) is 18.8 Å². The lowest BCUT2D eigenvalue weighted by Crippen LogP contribution is -1.99. The number of nitrogens with zero attached hydrogens (tertiary/aromatic N) is 3. The first-order chi connectivity index (χ1) is 25.6. The molecule has 3 heterocycles. The Hall–Kier alpha value is -6.25. The number of rotatable bonds is 5. The van der Waals surface area contributed by atoms with Crippen LogP contribution in [0.1, 0.15) is 68.2 Å². The smallest absolute Gasteiger partial charge is 0.180 e. The first-order valence-electron chi connectivity index (χ1n) is 18.3. The highest BCUT2D eigenvalue weighted by Crippen LogP contribution is 2.43. The zero-order valence-electron chi connectivity index (χ0n) is 29.4. The largest absolute Gasteiger partial charge is 0.455 e. The number of aryl methyl sites for hydroxylation is 1. The molecule has 52 heavy (non-hydrogen) atoms. The van der Waals surface area contributed by atoms with Crippen molar-refractivity contribution in [2.75, 3.05) is 0 Å². The van der Waals surface area contributed by atoms with Gasteiger partial charge in [0.05, 0.1) is 11.6 Å². The number of benzene rings is 5.